The first kappa shape index (κ1) is 16.2. The van der Waals surface area contributed by atoms with Gasteiger partial charge in [-0.2, -0.15) is 13.2 Å². The van der Waals surface area contributed by atoms with Crippen LogP contribution in [0.3, 0.4) is 0 Å². The topological polar surface area (TPSA) is 80.5 Å². The minimum Gasteiger partial charge on any atom is -0.369 e. The van der Waals surface area contributed by atoms with Crippen LogP contribution in [0.2, 0.25) is 0 Å². The molecule has 0 aromatic heterocycles. The minimum atomic E-state index is -4.75. The molecule has 1 fully saturated rings. The van der Waals surface area contributed by atoms with Gasteiger partial charge in [0.2, 0.25) is 15.9 Å². The number of halogens is 3. The first-order chi connectivity index (χ1) is 8.57. The molecule has 1 saturated heterocycles. The fourth-order valence-electron chi connectivity index (χ4n) is 2.20. The highest BCUT2D eigenvalue weighted by Gasteiger charge is 2.60. The van der Waals surface area contributed by atoms with Crippen molar-refractivity contribution < 1.29 is 26.4 Å². The molecule has 2 N–H and O–H groups in total. The molecular weight excluding hydrogens is 285 g/mol. The van der Waals surface area contributed by atoms with Crippen LogP contribution in [0, 0.1) is 5.41 Å². The molecule has 0 saturated carbocycles. The fraction of sp³-hybridized carbons (Fsp3) is 0.900. The predicted octanol–water partition coefficient (Wildman–Crippen LogP) is 0.856. The monoisotopic (exact) mass is 302 g/mol. The number of carbonyl (C=O) groups excluding carboxylic acids is 1. The van der Waals surface area contributed by atoms with Gasteiger partial charge in [0, 0.05) is 13.1 Å². The molecule has 0 unspecified atom stereocenters. The van der Waals surface area contributed by atoms with Gasteiger partial charge in [-0.3, -0.25) is 4.79 Å². The number of primary amides is 1. The van der Waals surface area contributed by atoms with Crippen molar-refractivity contribution in [3.05, 3.63) is 0 Å². The van der Waals surface area contributed by atoms with Crippen LogP contribution in [0.5, 0.6) is 0 Å². The van der Waals surface area contributed by atoms with Crippen LogP contribution in [0.4, 0.5) is 13.2 Å². The molecule has 1 aliphatic rings. The molecule has 0 aromatic rings. The smallest absolute Gasteiger partial charge is 0.369 e. The van der Waals surface area contributed by atoms with Crippen molar-refractivity contribution in [3.8, 4) is 0 Å². The molecule has 1 aliphatic heterocycles. The van der Waals surface area contributed by atoms with Crippen molar-refractivity contribution in [1.82, 2.24) is 4.31 Å². The van der Waals surface area contributed by atoms with Crippen LogP contribution < -0.4 is 5.73 Å². The molecule has 9 heteroatoms. The average Bonchev–Trinajstić information content (AvgIpc) is 2.27. The van der Waals surface area contributed by atoms with E-state index in [0.717, 1.165) is 4.31 Å². The largest absolute Gasteiger partial charge is 0.403 e. The number of amides is 1. The summed E-state index contributed by atoms with van der Waals surface area (Å²) < 4.78 is 63.3. The lowest BCUT2D eigenvalue weighted by atomic mass is 9.77. The van der Waals surface area contributed by atoms with E-state index in [1.807, 2.05) is 0 Å². The van der Waals surface area contributed by atoms with Gasteiger partial charge < -0.3 is 5.73 Å². The van der Waals surface area contributed by atoms with E-state index in [4.69, 9.17) is 5.73 Å². The highest BCUT2D eigenvalue weighted by Crippen LogP contribution is 2.46. The molecule has 0 spiro atoms. The summed E-state index contributed by atoms with van der Waals surface area (Å²) in [6, 6.07) is 0. The van der Waals surface area contributed by atoms with Gasteiger partial charge in [-0.05, 0) is 19.3 Å². The van der Waals surface area contributed by atoms with Crippen molar-refractivity contribution >= 4 is 15.9 Å². The van der Waals surface area contributed by atoms with Gasteiger partial charge in [0.15, 0.2) is 0 Å². The second-order valence-electron chi connectivity index (χ2n) is 4.66. The van der Waals surface area contributed by atoms with Gasteiger partial charge in [-0.25, -0.2) is 12.7 Å². The van der Waals surface area contributed by atoms with Crippen molar-refractivity contribution in [3.63, 3.8) is 0 Å². The maximum Gasteiger partial charge on any atom is 0.403 e. The molecule has 0 aromatic carbocycles. The fourth-order valence-corrected chi connectivity index (χ4v) is 3.72. The number of rotatable bonds is 4. The predicted molar refractivity (Wildman–Crippen MR) is 62.6 cm³/mol. The minimum absolute atomic E-state index is 0.109. The third-order valence-electron chi connectivity index (χ3n) is 3.45. The molecule has 1 heterocycles. The Kier molecular flexibility index (Phi) is 4.51. The summed E-state index contributed by atoms with van der Waals surface area (Å²) in [5.41, 5.74) is 2.27. The SMILES string of the molecule is CCCS(=O)(=O)N1CCC(C(N)=O)(C(F)(F)F)CC1. The van der Waals surface area contributed by atoms with Gasteiger partial charge in [0.1, 0.15) is 5.41 Å². The maximum atomic E-state index is 13.0. The Balaban J connectivity index is 2.89. The van der Waals surface area contributed by atoms with E-state index in [1.165, 1.54) is 0 Å². The number of nitrogens with two attached hydrogens (primary N) is 1. The van der Waals surface area contributed by atoms with E-state index in [1.54, 1.807) is 6.92 Å². The van der Waals surface area contributed by atoms with Crippen LogP contribution in [0.25, 0.3) is 0 Å². The maximum absolute atomic E-state index is 13.0. The third kappa shape index (κ3) is 3.02. The molecule has 0 aliphatic carbocycles. The van der Waals surface area contributed by atoms with Gasteiger partial charge in [-0.15, -0.1) is 0 Å². The van der Waals surface area contributed by atoms with E-state index in [9.17, 15) is 26.4 Å². The number of piperidine rings is 1. The quantitative estimate of drug-likeness (QED) is 0.836. The Bertz CT molecular complexity index is 439. The van der Waals surface area contributed by atoms with E-state index in [-0.39, 0.29) is 18.8 Å². The number of carbonyl (C=O) groups is 1. The van der Waals surface area contributed by atoms with Crippen LogP contribution in [0.1, 0.15) is 26.2 Å². The Morgan fingerprint density at radius 3 is 2.11 bits per heavy atom. The van der Waals surface area contributed by atoms with Crippen LogP contribution in [-0.2, 0) is 14.8 Å². The zero-order valence-electron chi connectivity index (χ0n) is 10.5. The van der Waals surface area contributed by atoms with Gasteiger partial charge in [0.05, 0.1) is 5.75 Å². The number of hydrogen-bond acceptors (Lipinski definition) is 3. The molecule has 1 rings (SSSR count). The molecule has 1 amide bonds. The first-order valence-corrected chi connectivity index (χ1v) is 7.52. The van der Waals surface area contributed by atoms with E-state index < -0.39 is 40.4 Å². The summed E-state index contributed by atoms with van der Waals surface area (Å²) in [6.07, 6.45) is -5.60. The number of alkyl halides is 3. The zero-order chi connectivity index (χ0) is 14.9. The average molecular weight is 302 g/mol. The van der Waals surface area contributed by atoms with Crippen LogP contribution >= 0.6 is 0 Å². The lowest BCUT2D eigenvalue weighted by Crippen LogP contribution is -2.56. The highest BCUT2D eigenvalue weighted by molar-refractivity contribution is 7.89. The van der Waals surface area contributed by atoms with E-state index in [0.29, 0.717) is 6.42 Å². The number of nitrogens with zero attached hydrogens (tertiary/aromatic N) is 1. The molecule has 0 bridgehead atoms. The molecule has 5 nitrogen and oxygen atoms in total. The zero-order valence-corrected chi connectivity index (χ0v) is 11.4. The Morgan fingerprint density at radius 1 is 1.32 bits per heavy atom. The number of hydrogen-bond donors (Lipinski definition) is 1. The number of sulfonamides is 1. The summed E-state index contributed by atoms with van der Waals surface area (Å²) in [7, 11) is -3.54. The van der Waals surface area contributed by atoms with Gasteiger partial charge >= 0.3 is 6.18 Å². The van der Waals surface area contributed by atoms with Crippen molar-refractivity contribution in [2.45, 2.75) is 32.4 Å². The lowest BCUT2D eigenvalue weighted by Gasteiger charge is -2.39. The van der Waals surface area contributed by atoms with Gasteiger partial charge in [0.25, 0.3) is 0 Å². The summed E-state index contributed by atoms with van der Waals surface area (Å²) >= 11 is 0. The summed E-state index contributed by atoms with van der Waals surface area (Å²) in [5.74, 6) is -1.55. The molecule has 0 atom stereocenters. The van der Waals surface area contributed by atoms with Crippen molar-refractivity contribution in [2.75, 3.05) is 18.8 Å². The summed E-state index contributed by atoms with van der Waals surface area (Å²) in [6.45, 7) is 1.01. The lowest BCUT2D eigenvalue weighted by molar-refractivity contribution is -0.229. The Morgan fingerprint density at radius 2 is 1.79 bits per heavy atom. The van der Waals surface area contributed by atoms with E-state index >= 15 is 0 Å². The molecular formula is C10H17F3N2O3S. The Hall–Kier alpha value is -0.830. The summed E-state index contributed by atoms with van der Waals surface area (Å²) in [4.78, 5) is 11.1. The second kappa shape index (κ2) is 5.28. The molecule has 0 radical (unpaired) electrons. The Labute approximate surface area is 110 Å². The highest BCUT2D eigenvalue weighted by atomic mass is 32.2. The molecule has 112 valence electrons. The summed E-state index contributed by atoms with van der Waals surface area (Å²) in [5, 5.41) is 0. The first-order valence-electron chi connectivity index (χ1n) is 5.91. The van der Waals surface area contributed by atoms with Crippen LogP contribution in [-0.4, -0.2) is 43.6 Å². The van der Waals surface area contributed by atoms with Crippen molar-refractivity contribution in [1.29, 1.82) is 0 Å². The molecule has 19 heavy (non-hydrogen) atoms. The normalized spacial score (nSPS) is 21.3. The standard InChI is InChI=1S/C10H17F3N2O3S/c1-2-7-19(17,18)15-5-3-9(4-6-15,8(14)16)10(11,12)13/h2-7H2,1H3,(H2,14,16). The third-order valence-corrected chi connectivity index (χ3v) is 5.52. The van der Waals surface area contributed by atoms with Crippen molar-refractivity contribution in [2.24, 2.45) is 11.1 Å². The van der Waals surface area contributed by atoms with Gasteiger partial charge in [-0.1, -0.05) is 6.92 Å². The second-order valence-corrected chi connectivity index (χ2v) is 6.75. The van der Waals surface area contributed by atoms with Crippen LogP contribution in [0.15, 0.2) is 0 Å². The van der Waals surface area contributed by atoms with E-state index in [2.05, 4.69) is 0 Å².